The summed E-state index contributed by atoms with van der Waals surface area (Å²) < 4.78 is 4.75. The van der Waals surface area contributed by atoms with Gasteiger partial charge in [0.1, 0.15) is 0 Å². The van der Waals surface area contributed by atoms with Gasteiger partial charge in [0.05, 0.1) is 13.5 Å². The lowest BCUT2D eigenvalue weighted by molar-refractivity contribution is -0.139. The molecule has 1 unspecified atom stereocenters. The van der Waals surface area contributed by atoms with E-state index >= 15 is 0 Å². The molecule has 0 aromatic heterocycles. The first-order chi connectivity index (χ1) is 8.95. The average molecular weight is 263 g/mol. The number of carbonyl (C=O) groups excluding carboxylic acids is 1. The van der Waals surface area contributed by atoms with Crippen molar-refractivity contribution in [3.05, 3.63) is 35.4 Å². The number of hydrogen-bond donors (Lipinski definition) is 0. The van der Waals surface area contributed by atoms with Gasteiger partial charge in [-0.1, -0.05) is 38.1 Å². The van der Waals surface area contributed by atoms with Crippen LogP contribution in [0.4, 0.5) is 0 Å². The van der Waals surface area contributed by atoms with Gasteiger partial charge in [0.2, 0.25) is 0 Å². The Hall–Kier alpha value is -1.35. The molecule has 0 heterocycles. The van der Waals surface area contributed by atoms with Crippen LogP contribution < -0.4 is 0 Å². The van der Waals surface area contributed by atoms with E-state index in [1.165, 1.54) is 12.7 Å². The van der Waals surface area contributed by atoms with E-state index in [2.05, 4.69) is 38.8 Å². The predicted octanol–water partition coefficient (Wildman–Crippen LogP) is 2.88. The molecule has 0 N–H and O–H groups in total. The second-order valence-electron chi connectivity index (χ2n) is 5.42. The fourth-order valence-electron chi connectivity index (χ4n) is 2.03. The van der Waals surface area contributed by atoms with Gasteiger partial charge in [-0.15, -0.1) is 0 Å². The molecule has 3 nitrogen and oxygen atoms in total. The summed E-state index contributed by atoms with van der Waals surface area (Å²) in [5.74, 6) is 0.421. The fourth-order valence-corrected chi connectivity index (χ4v) is 2.03. The highest BCUT2D eigenvalue weighted by molar-refractivity contribution is 5.72. The summed E-state index contributed by atoms with van der Waals surface area (Å²) in [7, 11) is 3.55. The van der Waals surface area contributed by atoms with Gasteiger partial charge in [-0.05, 0) is 31.0 Å². The van der Waals surface area contributed by atoms with Crippen molar-refractivity contribution < 1.29 is 9.53 Å². The molecule has 19 heavy (non-hydrogen) atoms. The second kappa shape index (κ2) is 7.29. The van der Waals surface area contributed by atoms with Crippen molar-refractivity contribution in [1.29, 1.82) is 0 Å². The number of ether oxygens (including phenoxy) is 1. The highest BCUT2D eigenvalue weighted by Crippen LogP contribution is 2.16. The first-order valence-corrected chi connectivity index (χ1v) is 6.79. The molecular formula is C16H25NO2. The van der Waals surface area contributed by atoms with E-state index in [9.17, 15) is 4.79 Å². The van der Waals surface area contributed by atoms with E-state index in [4.69, 9.17) is 4.74 Å². The number of hydrogen-bond acceptors (Lipinski definition) is 3. The molecule has 0 saturated heterocycles. The zero-order valence-corrected chi connectivity index (χ0v) is 12.6. The van der Waals surface area contributed by atoms with Crippen molar-refractivity contribution in [1.82, 2.24) is 4.90 Å². The maximum absolute atomic E-state index is 11.4. The highest BCUT2D eigenvalue weighted by Gasteiger charge is 2.15. The van der Waals surface area contributed by atoms with Crippen LogP contribution in [-0.4, -0.2) is 31.1 Å². The van der Waals surface area contributed by atoms with Crippen LogP contribution in [0.3, 0.4) is 0 Å². The number of rotatable bonds is 6. The third kappa shape index (κ3) is 4.67. The van der Waals surface area contributed by atoms with Crippen molar-refractivity contribution in [2.75, 3.05) is 14.2 Å². The Morgan fingerprint density at radius 2 is 1.79 bits per heavy atom. The van der Waals surface area contributed by atoms with E-state index in [1.54, 1.807) is 0 Å². The summed E-state index contributed by atoms with van der Waals surface area (Å²) in [4.78, 5) is 13.7. The van der Waals surface area contributed by atoms with E-state index in [1.807, 2.05) is 18.2 Å². The molecule has 1 aromatic carbocycles. The van der Waals surface area contributed by atoms with E-state index in [0.717, 1.165) is 12.1 Å². The first-order valence-electron chi connectivity index (χ1n) is 6.79. The lowest BCUT2D eigenvalue weighted by atomic mass is 10.0. The molecule has 1 rings (SSSR count). The van der Waals surface area contributed by atoms with Gasteiger partial charge < -0.3 is 4.74 Å². The molecule has 0 amide bonds. The Kier molecular flexibility index (Phi) is 6.03. The van der Waals surface area contributed by atoms with Crippen LogP contribution in [0.25, 0.3) is 0 Å². The van der Waals surface area contributed by atoms with E-state index in [-0.39, 0.29) is 5.97 Å². The topological polar surface area (TPSA) is 29.5 Å². The minimum Gasteiger partial charge on any atom is -0.469 e. The molecule has 0 aliphatic rings. The largest absolute Gasteiger partial charge is 0.469 e. The number of carbonyl (C=O) groups is 1. The molecular weight excluding hydrogens is 238 g/mol. The molecule has 0 spiro atoms. The minimum absolute atomic E-state index is 0.188. The molecule has 0 aliphatic carbocycles. The van der Waals surface area contributed by atoms with Crippen molar-refractivity contribution in [3.8, 4) is 0 Å². The third-order valence-electron chi connectivity index (χ3n) is 3.76. The zero-order valence-electron chi connectivity index (χ0n) is 12.6. The minimum atomic E-state index is -0.188. The highest BCUT2D eigenvalue weighted by atomic mass is 16.5. The van der Waals surface area contributed by atoms with Gasteiger partial charge in [-0.2, -0.15) is 0 Å². The van der Waals surface area contributed by atoms with Crippen molar-refractivity contribution in [3.63, 3.8) is 0 Å². The maximum Gasteiger partial charge on any atom is 0.309 e. The van der Waals surface area contributed by atoms with Gasteiger partial charge in [0, 0.05) is 12.6 Å². The lowest BCUT2D eigenvalue weighted by Gasteiger charge is -2.28. The molecule has 1 atom stereocenters. The first kappa shape index (κ1) is 15.7. The summed E-state index contributed by atoms with van der Waals surface area (Å²) in [6.07, 6.45) is 0.344. The molecule has 106 valence electrons. The summed E-state index contributed by atoms with van der Waals surface area (Å²) in [6.45, 7) is 7.53. The smallest absolute Gasteiger partial charge is 0.309 e. The van der Waals surface area contributed by atoms with Gasteiger partial charge in [0.25, 0.3) is 0 Å². The summed E-state index contributed by atoms with van der Waals surface area (Å²) in [6, 6.07) is 8.57. The van der Waals surface area contributed by atoms with Gasteiger partial charge in [0.15, 0.2) is 0 Å². The quantitative estimate of drug-likeness (QED) is 0.739. The van der Waals surface area contributed by atoms with Crippen LogP contribution in [-0.2, 0) is 22.5 Å². The Morgan fingerprint density at radius 1 is 1.21 bits per heavy atom. The number of esters is 1. The maximum atomic E-state index is 11.4. The Labute approximate surface area is 116 Å². The molecule has 0 saturated carbocycles. The monoisotopic (exact) mass is 263 g/mol. The predicted molar refractivity (Wildman–Crippen MR) is 77.9 cm³/mol. The molecule has 0 fully saturated rings. The summed E-state index contributed by atoms with van der Waals surface area (Å²) in [5.41, 5.74) is 2.25. The van der Waals surface area contributed by atoms with Crippen LogP contribution >= 0.6 is 0 Å². The second-order valence-corrected chi connectivity index (χ2v) is 5.42. The van der Waals surface area contributed by atoms with Crippen LogP contribution in [0.2, 0.25) is 0 Å². The number of methoxy groups -OCH3 is 1. The standard InChI is InChI=1S/C16H25NO2/c1-12(2)13(3)17(4)11-15-9-7-6-8-14(15)10-16(18)19-5/h6-9,12-13H,10-11H2,1-5H3. The van der Waals surface area contributed by atoms with E-state index in [0.29, 0.717) is 18.4 Å². The van der Waals surface area contributed by atoms with Gasteiger partial charge in [-0.3, -0.25) is 9.69 Å². The Morgan fingerprint density at radius 3 is 2.32 bits per heavy atom. The third-order valence-corrected chi connectivity index (χ3v) is 3.76. The van der Waals surface area contributed by atoms with Crippen molar-refractivity contribution in [2.24, 2.45) is 5.92 Å². The van der Waals surface area contributed by atoms with Gasteiger partial charge >= 0.3 is 5.97 Å². The summed E-state index contributed by atoms with van der Waals surface area (Å²) >= 11 is 0. The SMILES string of the molecule is COC(=O)Cc1ccccc1CN(C)C(C)C(C)C. The van der Waals surface area contributed by atoms with Crippen LogP contribution in [0.5, 0.6) is 0 Å². The fraction of sp³-hybridized carbons (Fsp3) is 0.562. The average Bonchev–Trinajstić information content (AvgIpc) is 2.39. The number of nitrogens with zero attached hydrogens (tertiary/aromatic N) is 1. The Balaban J connectivity index is 2.80. The van der Waals surface area contributed by atoms with Crippen LogP contribution in [0, 0.1) is 5.92 Å². The Bertz CT molecular complexity index is 415. The molecule has 0 bridgehead atoms. The number of benzene rings is 1. The molecule has 1 aromatic rings. The van der Waals surface area contributed by atoms with Crippen LogP contribution in [0.1, 0.15) is 31.9 Å². The lowest BCUT2D eigenvalue weighted by Crippen LogP contribution is -2.33. The van der Waals surface area contributed by atoms with Crippen LogP contribution in [0.15, 0.2) is 24.3 Å². The van der Waals surface area contributed by atoms with E-state index < -0.39 is 0 Å². The normalized spacial score (nSPS) is 12.8. The molecule has 0 aliphatic heterocycles. The summed E-state index contributed by atoms with van der Waals surface area (Å²) in [5, 5.41) is 0. The molecule has 0 radical (unpaired) electrons. The van der Waals surface area contributed by atoms with Crippen molar-refractivity contribution >= 4 is 5.97 Å². The van der Waals surface area contributed by atoms with Crippen molar-refractivity contribution in [2.45, 2.75) is 39.8 Å². The molecule has 3 heteroatoms. The zero-order chi connectivity index (χ0) is 14.4. The van der Waals surface area contributed by atoms with Gasteiger partial charge in [-0.25, -0.2) is 0 Å².